The molecule has 1 heterocycles. The first-order chi connectivity index (χ1) is 22.4. The number of carbonyl (C=O) groups excluding carboxylic acids is 4. The van der Waals surface area contributed by atoms with Crippen LogP contribution in [-0.2, 0) is 36.1 Å². The van der Waals surface area contributed by atoms with Crippen LogP contribution in [0.4, 0.5) is 10.5 Å². The van der Waals surface area contributed by atoms with Crippen molar-refractivity contribution in [3.63, 3.8) is 0 Å². The molecule has 3 atom stereocenters. The van der Waals surface area contributed by atoms with Gasteiger partial charge in [0, 0.05) is 25.2 Å². The number of Topliss-reactive ketones (excluding diaryl/α,β-unsaturated/α-hetero) is 1. The van der Waals surface area contributed by atoms with E-state index in [1.54, 1.807) is 61.5 Å². The zero-order chi connectivity index (χ0) is 34.3. The maximum absolute atomic E-state index is 14.1. The zero-order valence-electron chi connectivity index (χ0n) is 25.4. The predicted molar refractivity (Wildman–Crippen MR) is 170 cm³/mol. The van der Waals surface area contributed by atoms with Crippen LogP contribution in [0.5, 0.6) is 0 Å². The van der Waals surface area contributed by atoms with Crippen molar-refractivity contribution in [3.8, 4) is 0 Å². The predicted octanol–water partition coefficient (Wildman–Crippen LogP) is 1.91. The highest BCUT2D eigenvalue weighted by atomic mass is 16.4. The maximum Gasteiger partial charge on any atom is 0.334 e. The lowest BCUT2D eigenvalue weighted by atomic mass is 9.89. The number of benzene rings is 3. The van der Waals surface area contributed by atoms with Crippen LogP contribution >= 0.6 is 0 Å². The van der Waals surface area contributed by atoms with Gasteiger partial charge in [0.25, 0.3) is 5.91 Å². The van der Waals surface area contributed by atoms with Gasteiger partial charge in [0.2, 0.25) is 5.91 Å². The molecule has 4 rings (SSSR count). The van der Waals surface area contributed by atoms with Gasteiger partial charge >= 0.3 is 18.0 Å². The van der Waals surface area contributed by atoms with Gasteiger partial charge in [-0.1, -0.05) is 72.8 Å². The van der Waals surface area contributed by atoms with Gasteiger partial charge in [0.05, 0.1) is 18.7 Å². The highest BCUT2D eigenvalue weighted by Gasteiger charge is 2.55. The van der Waals surface area contributed by atoms with Crippen LogP contribution in [0, 0.1) is 0 Å². The minimum Gasteiger partial charge on any atom is -0.481 e. The van der Waals surface area contributed by atoms with Crippen LogP contribution in [0.2, 0.25) is 0 Å². The van der Waals surface area contributed by atoms with Crippen LogP contribution in [-0.4, -0.2) is 80.4 Å². The van der Waals surface area contributed by atoms with E-state index < -0.39 is 72.6 Å². The third-order valence-corrected chi connectivity index (χ3v) is 7.91. The molecule has 3 aromatic carbocycles. The summed E-state index contributed by atoms with van der Waals surface area (Å²) in [5.74, 6) is -0.594. The van der Waals surface area contributed by atoms with Crippen molar-refractivity contribution in [2.45, 2.75) is 43.9 Å². The quantitative estimate of drug-likeness (QED) is 0.0658. The number of ketones is 1. The minimum atomic E-state index is -2.12. The Morgan fingerprint density at radius 2 is 1.53 bits per heavy atom. The summed E-state index contributed by atoms with van der Waals surface area (Å²) in [5, 5.41) is 22.8. The molecule has 0 saturated carbocycles. The van der Waals surface area contributed by atoms with Crippen molar-refractivity contribution in [3.05, 3.63) is 102 Å². The molecule has 3 aromatic rings. The molecule has 47 heavy (non-hydrogen) atoms. The molecule has 14 heteroatoms. The monoisotopic (exact) mass is 642 g/mol. The van der Waals surface area contributed by atoms with Crippen molar-refractivity contribution in [1.82, 2.24) is 9.80 Å². The highest BCUT2D eigenvalue weighted by Crippen LogP contribution is 2.39. The molecule has 14 nitrogen and oxygen atoms in total. The van der Waals surface area contributed by atoms with Gasteiger partial charge in [0.1, 0.15) is 5.54 Å². The minimum absolute atomic E-state index is 0.00264. The number of nitrogens with zero attached hydrogens (tertiary/aromatic N) is 4. The third kappa shape index (κ3) is 7.17. The number of hydrogen-bond donors (Lipinski definition) is 4. The molecule has 0 unspecified atom stereocenters. The van der Waals surface area contributed by atoms with E-state index in [0.29, 0.717) is 16.0 Å². The number of rotatable bonds is 14. The number of aliphatic carboxylic acids is 2. The van der Waals surface area contributed by atoms with Crippen molar-refractivity contribution < 1.29 is 39.0 Å². The summed E-state index contributed by atoms with van der Waals surface area (Å²) in [4.78, 5) is 81.5. The normalized spacial score (nSPS) is 17.5. The molecule has 0 spiro atoms. The van der Waals surface area contributed by atoms with Crippen LogP contribution in [0.3, 0.4) is 0 Å². The third-order valence-electron chi connectivity index (χ3n) is 7.91. The zero-order valence-corrected chi connectivity index (χ0v) is 25.4. The lowest BCUT2D eigenvalue weighted by molar-refractivity contribution is -0.144. The molecular weight excluding hydrogens is 608 g/mol. The van der Waals surface area contributed by atoms with Crippen LogP contribution in [0.1, 0.15) is 36.5 Å². The molecule has 1 saturated heterocycles. The number of nitrogens with two attached hydrogens (primary N) is 2. The molecule has 1 aliphatic heterocycles. The maximum atomic E-state index is 14.1. The summed E-state index contributed by atoms with van der Waals surface area (Å²) in [6.07, 6.45) is -0.0139. The number of hydrogen-bond acceptors (Lipinski definition) is 9. The van der Waals surface area contributed by atoms with E-state index in [4.69, 9.17) is 16.7 Å². The number of hydrazone groups is 1. The fourth-order valence-corrected chi connectivity index (χ4v) is 5.45. The first-order valence-corrected chi connectivity index (χ1v) is 14.5. The number of urea groups is 1. The molecular formula is C33H34N6O8. The molecule has 1 aliphatic rings. The van der Waals surface area contributed by atoms with Gasteiger partial charge in [-0.05, 0) is 35.7 Å². The lowest BCUT2D eigenvalue weighted by Crippen LogP contribution is -2.56. The summed E-state index contributed by atoms with van der Waals surface area (Å²) in [6.45, 7) is 1.15. The molecule has 0 bridgehead atoms. The Balaban J connectivity index is 1.66. The average molecular weight is 643 g/mol. The molecule has 0 aliphatic carbocycles. The second-order valence-electron chi connectivity index (χ2n) is 11.0. The Hall–Kier alpha value is -5.89. The standard InChI is InChI=1S/C33H34N6O8/c1-33(23-14-12-21(13-15-23)19-36-35)31(46)37(32(47)38(33)20-22-8-4-2-5-9-22)17-16-26(40)28(30(44)45)39(24-10-6-3-7-11-24)29(43)25(34)18-27(41)42/h2-15,19,25,28H,16-18,20,34-35H2,1H3,(H,41,42)(H,44,45)/t25-,28-,33+/m0/s1. The Morgan fingerprint density at radius 1 is 0.936 bits per heavy atom. The molecule has 1 fully saturated rings. The van der Waals surface area contributed by atoms with Crippen molar-refractivity contribution in [1.29, 1.82) is 0 Å². The van der Waals surface area contributed by atoms with E-state index in [2.05, 4.69) is 5.10 Å². The molecule has 4 amide bonds. The number of carbonyl (C=O) groups is 6. The smallest absolute Gasteiger partial charge is 0.334 e. The summed E-state index contributed by atoms with van der Waals surface area (Å²) in [5.41, 5.74) is 6.18. The second-order valence-corrected chi connectivity index (χ2v) is 11.0. The van der Waals surface area contributed by atoms with E-state index in [0.717, 1.165) is 10.5 Å². The number of amides is 4. The van der Waals surface area contributed by atoms with E-state index >= 15 is 0 Å². The second kappa shape index (κ2) is 14.5. The highest BCUT2D eigenvalue weighted by molar-refractivity contribution is 6.14. The van der Waals surface area contributed by atoms with Gasteiger partial charge in [-0.2, -0.15) is 5.10 Å². The van der Waals surface area contributed by atoms with Crippen LogP contribution < -0.4 is 16.5 Å². The Labute approximate surface area is 269 Å². The fraction of sp³-hybridized carbons (Fsp3) is 0.242. The molecule has 244 valence electrons. The number of imide groups is 1. The van der Waals surface area contributed by atoms with Crippen LogP contribution in [0.25, 0.3) is 0 Å². The molecule has 0 radical (unpaired) electrons. The summed E-state index contributed by atoms with van der Waals surface area (Å²) in [6, 6.07) is 18.6. The van der Waals surface area contributed by atoms with Gasteiger partial charge in [-0.25, -0.2) is 9.59 Å². The number of carboxylic acids is 2. The van der Waals surface area contributed by atoms with Crippen molar-refractivity contribution >= 4 is 47.5 Å². The SMILES string of the molecule is C[C@@]1(c2ccc(C=NN)cc2)C(=O)N(CCC(=O)[C@@H](C(=O)O)N(C(=O)[C@@H](N)CC(=O)O)c2ccccc2)C(=O)N1Cc1ccccc1. The fourth-order valence-electron chi connectivity index (χ4n) is 5.45. The first-order valence-electron chi connectivity index (χ1n) is 14.5. The van der Waals surface area contributed by atoms with Gasteiger partial charge in [-0.3, -0.25) is 29.0 Å². The topological polar surface area (TPSA) is 217 Å². The molecule has 0 aromatic heterocycles. The van der Waals surface area contributed by atoms with Crippen LogP contribution in [0.15, 0.2) is 90.0 Å². The van der Waals surface area contributed by atoms with E-state index in [1.165, 1.54) is 35.4 Å². The summed E-state index contributed by atoms with van der Waals surface area (Å²) >= 11 is 0. The van der Waals surface area contributed by atoms with E-state index in [-0.39, 0.29) is 12.2 Å². The largest absolute Gasteiger partial charge is 0.481 e. The summed E-state index contributed by atoms with van der Waals surface area (Å²) < 4.78 is 0. The van der Waals surface area contributed by atoms with Crippen molar-refractivity contribution in [2.24, 2.45) is 16.7 Å². The van der Waals surface area contributed by atoms with E-state index in [9.17, 15) is 33.9 Å². The number of anilines is 1. The Bertz CT molecular complexity index is 1680. The summed E-state index contributed by atoms with van der Waals surface area (Å²) in [7, 11) is 0. The van der Waals surface area contributed by atoms with E-state index in [1.807, 2.05) is 6.07 Å². The Morgan fingerprint density at radius 3 is 2.09 bits per heavy atom. The van der Waals surface area contributed by atoms with Gasteiger partial charge in [-0.15, -0.1) is 0 Å². The number of carboxylic acid groups (broad SMARTS) is 2. The molecule has 6 N–H and O–H groups in total. The average Bonchev–Trinajstić information content (AvgIpc) is 3.23. The number of para-hydroxylation sites is 1. The Kier molecular flexibility index (Phi) is 10.5. The lowest BCUT2D eigenvalue weighted by Gasteiger charge is -2.32. The van der Waals surface area contributed by atoms with Crippen molar-refractivity contribution in [2.75, 3.05) is 11.4 Å². The van der Waals surface area contributed by atoms with Gasteiger partial charge < -0.3 is 26.7 Å². The first kappa shape index (κ1) is 34.0. The van der Waals surface area contributed by atoms with Gasteiger partial charge in [0.15, 0.2) is 11.8 Å².